The smallest absolute Gasteiger partial charge is 0.496 e. The molecule has 0 fully saturated rings. The maximum absolute atomic E-state index is 13.8. The van der Waals surface area contributed by atoms with Crippen LogP contribution in [-0.4, -0.2) is 35.9 Å². The average Bonchev–Trinajstić information content (AvgIpc) is 2.86. The molecule has 0 atom stereocenters. The summed E-state index contributed by atoms with van der Waals surface area (Å²) in [7, 11) is 1.42. The van der Waals surface area contributed by atoms with Gasteiger partial charge in [-0.15, -0.1) is 5.06 Å². The summed E-state index contributed by atoms with van der Waals surface area (Å²) in [6, 6.07) is 16.1. The van der Waals surface area contributed by atoms with Gasteiger partial charge >= 0.3 is 18.3 Å². The molecule has 0 radical (unpaired) electrons. The molecule has 194 valence electrons. The quantitative estimate of drug-likeness (QED) is 0.408. The number of fused-ring (bicyclic) bond motifs is 1. The van der Waals surface area contributed by atoms with Gasteiger partial charge in [-0.2, -0.15) is 13.2 Å². The van der Waals surface area contributed by atoms with E-state index >= 15 is 0 Å². The summed E-state index contributed by atoms with van der Waals surface area (Å²) >= 11 is 0. The summed E-state index contributed by atoms with van der Waals surface area (Å²) in [4.78, 5) is 28.8. The number of hydrogen-bond acceptors (Lipinski definition) is 6. The molecule has 0 spiro atoms. The fourth-order valence-electron chi connectivity index (χ4n) is 4.35. The number of carboxylic acid groups (broad SMARTS) is 1. The molecule has 1 heterocycles. The second-order valence-electron chi connectivity index (χ2n) is 8.45. The maximum atomic E-state index is 13.8. The van der Waals surface area contributed by atoms with Crippen LogP contribution >= 0.6 is 0 Å². The van der Waals surface area contributed by atoms with Gasteiger partial charge in [-0.25, -0.2) is 4.79 Å². The maximum Gasteiger partial charge on any atom is 0.528 e. The van der Waals surface area contributed by atoms with E-state index in [9.17, 15) is 27.9 Å². The van der Waals surface area contributed by atoms with Crippen molar-refractivity contribution in [1.82, 2.24) is 5.06 Å². The highest BCUT2D eigenvalue weighted by Crippen LogP contribution is 2.42. The number of benzene rings is 3. The molecule has 0 saturated carbocycles. The Labute approximate surface area is 210 Å². The predicted octanol–water partition coefficient (Wildman–Crippen LogP) is 5.63. The first kappa shape index (κ1) is 26.0. The number of aliphatic carboxylic acids is 1. The molecule has 0 unspecified atom stereocenters. The minimum Gasteiger partial charge on any atom is -0.496 e. The van der Waals surface area contributed by atoms with Gasteiger partial charge in [0.1, 0.15) is 12.4 Å². The van der Waals surface area contributed by atoms with Gasteiger partial charge in [0.25, 0.3) is 0 Å². The molecule has 0 amide bonds. The molecule has 0 aromatic heterocycles. The zero-order valence-corrected chi connectivity index (χ0v) is 19.9. The second-order valence-corrected chi connectivity index (χ2v) is 8.45. The molecule has 1 aliphatic rings. The Morgan fingerprint density at radius 3 is 2.41 bits per heavy atom. The minimum absolute atomic E-state index is 0.0128. The Hall–Kier alpha value is -4.05. The number of rotatable bonds is 7. The average molecular weight is 515 g/mol. The lowest BCUT2D eigenvalue weighted by atomic mass is 9.87. The van der Waals surface area contributed by atoms with Crippen LogP contribution in [0.3, 0.4) is 0 Å². The Morgan fingerprint density at radius 2 is 1.73 bits per heavy atom. The fraction of sp³-hybridized carbons (Fsp3) is 0.259. The van der Waals surface area contributed by atoms with Crippen molar-refractivity contribution in [3.63, 3.8) is 0 Å². The first-order valence-electron chi connectivity index (χ1n) is 11.4. The molecule has 4 rings (SSSR count). The van der Waals surface area contributed by atoms with Crippen LogP contribution in [0.2, 0.25) is 0 Å². The van der Waals surface area contributed by atoms with Crippen molar-refractivity contribution in [1.29, 1.82) is 0 Å². The van der Waals surface area contributed by atoms with E-state index in [1.165, 1.54) is 18.2 Å². The van der Waals surface area contributed by atoms with E-state index in [2.05, 4.69) is 0 Å². The Bertz CT molecular complexity index is 1290. The summed E-state index contributed by atoms with van der Waals surface area (Å²) in [5.74, 6) is -0.671. The number of carbonyl (C=O) groups excluding carboxylic acids is 1. The Kier molecular flexibility index (Phi) is 7.68. The van der Waals surface area contributed by atoms with E-state index in [0.717, 1.165) is 11.6 Å². The fourth-order valence-corrected chi connectivity index (χ4v) is 4.35. The van der Waals surface area contributed by atoms with E-state index in [4.69, 9.17) is 14.3 Å². The van der Waals surface area contributed by atoms with Crippen molar-refractivity contribution in [3.05, 3.63) is 88.5 Å². The van der Waals surface area contributed by atoms with Crippen LogP contribution in [0.5, 0.6) is 5.75 Å². The van der Waals surface area contributed by atoms with Crippen molar-refractivity contribution in [3.8, 4) is 16.9 Å². The number of hydroxylamine groups is 2. The van der Waals surface area contributed by atoms with Crippen molar-refractivity contribution in [2.45, 2.75) is 32.2 Å². The molecule has 3 aromatic rings. The highest BCUT2D eigenvalue weighted by Gasteiger charge is 2.37. The third kappa shape index (κ3) is 6.21. The first-order valence-corrected chi connectivity index (χ1v) is 11.4. The molecule has 37 heavy (non-hydrogen) atoms. The van der Waals surface area contributed by atoms with Crippen LogP contribution < -0.4 is 4.74 Å². The number of hydrogen-bond donors (Lipinski definition) is 1. The number of halogens is 3. The molecule has 7 nitrogen and oxygen atoms in total. The number of carbonyl (C=O) groups is 2. The van der Waals surface area contributed by atoms with Crippen LogP contribution in [-0.2, 0) is 46.5 Å². The van der Waals surface area contributed by atoms with Gasteiger partial charge in [-0.05, 0) is 52.4 Å². The number of methoxy groups -OCH3 is 1. The van der Waals surface area contributed by atoms with Gasteiger partial charge in [-0.1, -0.05) is 42.5 Å². The molecule has 0 bridgehead atoms. The SMILES string of the molecule is COc1ccc(CC(=O)O)cc1-c1ccc(C(F)(F)F)c2c1CN(OC(=O)OCc1ccccc1)CC2. The first-order chi connectivity index (χ1) is 17.7. The normalized spacial score (nSPS) is 13.5. The molecule has 10 heteroatoms. The molecule has 0 saturated heterocycles. The number of nitrogens with zero attached hydrogens (tertiary/aromatic N) is 1. The van der Waals surface area contributed by atoms with Crippen LogP contribution in [0, 0.1) is 0 Å². The van der Waals surface area contributed by atoms with E-state index in [1.807, 2.05) is 6.07 Å². The third-order valence-electron chi connectivity index (χ3n) is 5.99. The number of carboxylic acids is 1. The molecular formula is C27H24F3NO6. The summed E-state index contributed by atoms with van der Waals surface area (Å²) in [6.45, 7) is -0.0986. The van der Waals surface area contributed by atoms with Crippen molar-refractivity contribution < 1.29 is 42.2 Å². The summed E-state index contributed by atoms with van der Waals surface area (Å²) in [5, 5.41) is 10.4. The van der Waals surface area contributed by atoms with Gasteiger partial charge in [0.2, 0.25) is 0 Å². The summed E-state index contributed by atoms with van der Waals surface area (Å²) in [6.07, 6.45) is -5.83. The predicted molar refractivity (Wildman–Crippen MR) is 127 cm³/mol. The molecular weight excluding hydrogens is 491 g/mol. The van der Waals surface area contributed by atoms with Crippen LogP contribution in [0.1, 0.15) is 27.8 Å². The lowest BCUT2D eigenvalue weighted by Crippen LogP contribution is -2.34. The van der Waals surface area contributed by atoms with Gasteiger partial charge in [-0.3, -0.25) is 4.79 Å². The van der Waals surface area contributed by atoms with Gasteiger partial charge < -0.3 is 19.4 Å². The van der Waals surface area contributed by atoms with Crippen molar-refractivity contribution >= 4 is 12.1 Å². The van der Waals surface area contributed by atoms with Crippen LogP contribution in [0.4, 0.5) is 18.0 Å². The largest absolute Gasteiger partial charge is 0.528 e. The number of alkyl halides is 3. The number of ether oxygens (including phenoxy) is 2. The van der Waals surface area contributed by atoms with E-state index in [0.29, 0.717) is 28.0 Å². The standard InChI is InChI=1S/C27H24F3NO6/c1-35-24-10-7-18(14-25(32)33)13-21(24)19-8-9-23(27(28,29)30)20-11-12-31(15-22(19)20)37-26(34)36-16-17-5-3-2-4-6-17/h2-10,13H,11-12,14-16H2,1H3,(H,32,33). The minimum atomic E-state index is -4.57. The third-order valence-corrected chi connectivity index (χ3v) is 5.99. The van der Waals surface area contributed by atoms with Crippen molar-refractivity contribution in [2.24, 2.45) is 0 Å². The topological polar surface area (TPSA) is 85.3 Å². The highest BCUT2D eigenvalue weighted by molar-refractivity contribution is 5.78. The molecule has 3 aromatic carbocycles. The van der Waals surface area contributed by atoms with Crippen LogP contribution in [0.25, 0.3) is 11.1 Å². The molecule has 1 N–H and O–H groups in total. The van der Waals surface area contributed by atoms with Crippen LogP contribution in [0.15, 0.2) is 60.7 Å². The monoisotopic (exact) mass is 515 g/mol. The van der Waals surface area contributed by atoms with Gasteiger partial charge in [0.15, 0.2) is 0 Å². The zero-order valence-electron chi connectivity index (χ0n) is 19.9. The van der Waals surface area contributed by atoms with E-state index in [-0.39, 0.29) is 38.1 Å². The summed E-state index contributed by atoms with van der Waals surface area (Å²) < 4.78 is 52.0. The lowest BCUT2D eigenvalue weighted by molar-refractivity contribution is -0.145. The molecule has 1 aliphatic heterocycles. The second kappa shape index (κ2) is 10.9. The summed E-state index contributed by atoms with van der Waals surface area (Å²) in [5.41, 5.74) is 1.73. The Balaban J connectivity index is 1.65. The van der Waals surface area contributed by atoms with E-state index in [1.54, 1.807) is 42.5 Å². The Morgan fingerprint density at radius 1 is 0.973 bits per heavy atom. The van der Waals surface area contributed by atoms with Gasteiger partial charge in [0.05, 0.1) is 25.6 Å². The van der Waals surface area contributed by atoms with Crippen molar-refractivity contribution in [2.75, 3.05) is 13.7 Å². The van der Waals surface area contributed by atoms with Gasteiger partial charge in [0, 0.05) is 12.1 Å². The molecule has 0 aliphatic carbocycles. The highest BCUT2D eigenvalue weighted by atomic mass is 19.4. The zero-order chi connectivity index (χ0) is 26.6. The lowest BCUT2D eigenvalue weighted by Gasteiger charge is -2.31. The van der Waals surface area contributed by atoms with E-state index < -0.39 is 23.9 Å².